The monoisotopic (exact) mass is 297 g/mol. The average Bonchev–Trinajstić information content (AvgIpc) is 2.82. The zero-order chi connectivity index (χ0) is 16.5. The van der Waals surface area contributed by atoms with Gasteiger partial charge in [-0.3, -0.25) is 0 Å². The minimum atomic E-state index is -0.567. The Balaban J connectivity index is 2.80. The summed E-state index contributed by atoms with van der Waals surface area (Å²) in [5.74, 6) is -0.567. The van der Waals surface area contributed by atoms with Crippen LogP contribution in [0.15, 0.2) is 30.5 Å². The van der Waals surface area contributed by atoms with Crippen LogP contribution in [0, 0.1) is 11.3 Å². The van der Waals surface area contributed by atoms with Crippen molar-refractivity contribution in [3.8, 4) is 11.8 Å². The number of nitriles is 1. The fourth-order valence-corrected chi connectivity index (χ4v) is 2.42. The summed E-state index contributed by atoms with van der Waals surface area (Å²) < 4.78 is 6.45. The van der Waals surface area contributed by atoms with Crippen LogP contribution in [0.4, 0.5) is 5.69 Å². The number of nitrogens with two attached hydrogens (primary N) is 1. The quantitative estimate of drug-likeness (QED) is 0.864. The second-order valence-electron chi connectivity index (χ2n) is 6.05. The third-order valence-corrected chi connectivity index (χ3v) is 3.52. The lowest BCUT2D eigenvalue weighted by molar-refractivity contribution is 0.0593. The summed E-state index contributed by atoms with van der Waals surface area (Å²) in [6, 6.07) is 9.73. The first-order valence-electron chi connectivity index (χ1n) is 6.90. The summed E-state index contributed by atoms with van der Waals surface area (Å²) in [5, 5.41) is 9.19. The summed E-state index contributed by atoms with van der Waals surface area (Å²) in [6.45, 7) is 6.26. The van der Waals surface area contributed by atoms with Gasteiger partial charge in [0.25, 0.3) is 0 Å². The number of esters is 1. The number of benzene rings is 1. The second-order valence-corrected chi connectivity index (χ2v) is 6.05. The maximum absolute atomic E-state index is 12.1. The molecule has 5 heteroatoms. The van der Waals surface area contributed by atoms with E-state index >= 15 is 0 Å². The molecule has 0 atom stereocenters. The molecule has 0 aliphatic carbocycles. The van der Waals surface area contributed by atoms with Crippen molar-refractivity contribution in [3.63, 3.8) is 0 Å². The molecule has 0 spiro atoms. The van der Waals surface area contributed by atoms with Crippen LogP contribution in [0.2, 0.25) is 0 Å². The van der Waals surface area contributed by atoms with E-state index in [0.29, 0.717) is 0 Å². The van der Waals surface area contributed by atoms with Crippen molar-refractivity contribution in [2.45, 2.75) is 26.2 Å². The van der Waals surface area contributed by atoms with Gasteiger partial charge in [0.15, 0.2) is 5.69 Å². The summed E-state index contributed by atoms with van der Waals surface area (Å²) in [7, 11) is 1.29. The van der Waals surface area contributed by atoms with Crippen molar-refractivity contribution < 1.29 is 9.53 Å². The van der Waals surface area contributed by atoms with Gasteiger partial charge in [-0.05, 0) is 17.0 Å². The molecule has 114 valence electrons. The van der Waals surface area contributed by atoms with Gasteiger partial charge in [0, 0.05) is 11.9 Å². The van der Waals surface area contributed by atoms with Crippen LogP contribution in [-0.2, 0) is 10.2 Å². The van der Waals surface area contributed by atoms with Crippen molar-refractivity contribution in [1.29, 1.82) is 5.26 Å². The van der Waals surface area contributed by atoms with Crippen LogP contribution in [-0.4, -0.2) is 17.6 Å². The van der Waals surface area contributed by atoms with E-state index in [1.165, 1.54) is 7.11 Å². The van der Waals surface area contributed by atoms with Crippen LogP contribution in [0.5, 0.6) is 0 Å². The standard InChI is InChI=1S/C17H19N3O2/c1-17(2,3)12-7-5-6-8-13(12)20-10-11(9-18)14(19)15(20)16(21)22-4/h5-8,10H,19H2,1-4H3. The van der Waals surface area contributed by atoms with Crippen molar-refractivity contribution in [2.24, 2.45) is 0 Å². The van der Waals surface area contributed by atoms with Crippen LogP contribution in [0.25, 0.3) is 5.69 Å². The predicted octanol–water partition coefficient (Wildman–Crippen LogP) is 3.02. The van der Waals surface area contributed by atoms with E-state index in [1.807, 2.05) is 30.3 Å². The lowest BCUT2D eigenvalue weighted by atomic mass is 9.85. The van der Waals surface area contributed by atoms with Crippen molar-refractivity contribution in [2.75, 3.05) is 12.8 Å². The minimum absolute atomic E-state index is 0.129. The highest BCUT2D eigenvalue weighted by atomic mass is 16.5. The zero-order valence-electron chi connectivity index (χ0n) is 13.2. The SMILES string of the molecule is COC(=O)c1c(N)c(C#N)cn1-c1ccccc1C(C)(C)C. The number of rotatable bonds is 2. The highest BCUT2D eigenvalue weighted by molar-refractivity contribution is 5.96. The molecule has 0 radical (unpaired) electrons. The van der Waals surface area contributed by atoms with Gasteiger partial charge in [-0.2, -0.15) is 5.26 Å². The first-order valence-corrected chi connectivity index (χ1v) is 6.90. The molecule has 0 bridgehead atoms. The molecule has 0 amide bonds. The van der Waals surface area contributed by atoms with E-state index in [2.05, 4.69) is 20.8 Å². The molecule has 1 aromatic carbocycles. The lowest BCUT2D eigenvalue weighted by Gasteiger charge is -2.24. The molecule has 22 heavy (non-hydrogen) atoms. The molecular weight excluding hydrogens is 278 g/mol. The molecule has 2 N–H and O–H groups in total. The van der Waals surface area contributed by atoms with E-state index in [0.717, 1.165) is 11.3 Å². The van der Waals surface area contributed by atoms with Crippen LogP contribution in [0.3, 0.4) is 0 Å². The molecule has 0 unspecified atom stereocenters. The topological polar surface area (TPSA) is 81.0 Å². The molecule has 0 fully saturated rings. The summed E-state index contributed by atoms with van der Waals surface area (Å²) in [4.78, 5) is 12.1. The molecule has 0 saturated carbocycles. The van der Waals surface area contributed by atoms with Gasteiger partial charge in [-0.25, -0.2) is 4.79 Å². The largest absolute Gasteiger partial charge is 0.464 e. The van der Waals surface area contributed by atoms with Gasteiger partial charge in [0.05, 0.1) is 18.4 Å². The number of para-hydroxylation sites is 1. The Morgan fingerprint density at radius 2 is 1.95 bits per heavy atom. The first-order chi connectivity index (χ1) is 10.3. The number of hydrogen-bond donors (Lipinski definition) is 1. The van der Waals surface area contributed by atoms with E-state index in [1.54, 1.807) is 10.8 Å². The third-order valence-electron chi connectivity index (χ3n) is 3.52. The number of carbonyl (C=O) groups excluding carboxylic acids is 1. The number of nitrogen functional groups attached to an aromatic ring is 1. The van der Waals surface area contributed by atoms with E-state index in [4.69, 9.17) is 10.5 Å². The molecule has 5 nitrogen and oxygen atoms in total. The average molecular weight is 297 g/mol. The number of ether oxygens (including phenoxy) is 1. The Labute approximate surface area is 129 Å². The van der Waals surface area contributed by atoms with Gasteiger partial charge in [-0.1, -0.05) is 39.0 Å². The van der Waals surface area contributed by atoms with E-state index < -0.39 is 5.97 Å². The number of nitrogens with zero attached hydrogens (tertiary/aromatic N) is 2. The van der Waals surface area contributed by atoms with E-state index in [-0.39, 0.29) is 22.4 Å². The normalized spacial score (nSPS) is 11.0. The Bertz CT molecular complexity index is 761. The molecule has 0 aliphatic rings. The number of anilines is 1. The lowest BCUT2D eigenvalue weighted by Crippen LogP contribution is -2.17. The number of methoxy groups -OCH3 is 1. The third kappa shape index (κ3) is 2.56. The molecule has 2 aromatic rings. The number of aromatic nitrogens is 1. The summed E-state index contributed by atoms with van der Waals surface area (Å²) in [5.41, 5.74) is 8.23. The van der Waals surface area contributed by atoms with Gasteiger partial charge in [0.2, 0.25) is 0 Å². The predicted molar refractivity (Wildman–Crippen MR) is 84.9 cm³/mol. The van der Waals surface area contributed by atoms with Gasteiger partial charge in [0.1, 0.15) is 6.07 Å². The van der Waals surface area contributed by atoms with Crippen molar-refractivity contribution in [1.82, 2.24) is 4.57 Å². The van der Waals surface area contributed by atoms with Crippen LogP contribution >= 0.6 is 0 Å². The Morgan fingerprint density at radius 3 is 2.50 bits per heavy atom. The zero-order valence-corrected chi connectivity index (χ0v) is 13.2. The van der Waals surface area contributed by atoms with Gasteiger partial charge in [-0.15, -0.1) is 0 Å². The highest BCUT2D eigenvalue weighted by Gasteiger charge is 2.25. The highest BCUT2D eigenvalue weighted by Crippen LogP contribution is 2.32. The van der Waals surface area contributed by atoms with Crippen LogP contribution in [0.1, 0.15) is 42.4 Å². The minimum Gasteiger partial charge on any atom is -0.464 e. The van der Waals surface area contributed by atoms with Crippen molar-refractivity contribution in [3.05, 3.63) is 47.3 Å². The van der Waals surface area contributed by atoms with Gasteiger partial charge >= 0.3 is 5.97 Å². The van der Waals surface area contributed by atoms with Crippen LogP contribution < -0.4 is 5.73 Å². The van der Waals surface area contributed by atoms with Crippen molar-refractivity contribution >= 4 is 11.7 Å². The fraction of sp³-hybridized carbons (Fsp3) is 0.294. The molecule has 0 aliphatic heterocycles. The molecular formula is C17H19N3O2. The first kappa shape index (κ1) is 15.6. The van der Waals surface area contributed by atoms with E-state index in [9.17, 15) is 10.1 Å². The van der Waals surface area contributed by atoms with Gasteiger partial charge < -0.3 is 15.0 Å². The maximum Gasteiger partial charge on any atom is 0.357 e. The summed E-state index contributed by atoms with van der Waals surface area (Å²) in [6.07, 6.45) is 1.58. The molecule has 1 heterocycles. The molecule has 0 saturated heterocycles. The molecule has 2 rings (SSSR count). The summed E-state index contributed by atoms with van der Waals surface area (Å²) >= 11 is 0. The Morgan fingerprint density at radius 1 is 1.32 bits per heavy atom. The second kappa shape index (κ2) is 5.57. The Hall–Kier alpha value is -2.74. The number of carbonyl (C=O) groups is 1. The molecule has 1 aromatic heterocycles. The fourth-order valence-electron chi connectivity index (χ4n) is 2.42. The maximum atomic E-state index is 12.1. The number of hydrogen-bond acceptors (Lipinski definition) is 4. The smallest absolute Gasteiger partial charge is 0.357 e. The Kier molecular flexibility index (Phi) is 3.96.